The number of rotatable bonds is 0. The molecule has 5 rings (SSSR count). The summed E-state index contributed by atoms with van der Waals surface area (Å²) in [6.07, 6.45) is 12.7. The van der Waals surface area contributed by atoms with Crippen LogP contribution >= 0.6 is 0 Å². The molecule has 4 fully saturated rings. The molecular weight excluding hydrogens is 186 g/mol. The van der Waals surface area contributed by atoms with E-state index in [1.165, 1.54) is 29.9 Å². The highest BCUT2D eigenvalue weighted by Gasteiger charge is 2.41. The Labute approximate surface area is 91.0 Å². The second-order valence-corrected chi connectivity index (χ2v) is 5.57. The number of nitrogens with zero attached hydrogens (tertiary/aromatic N) is 1. The minimum absolute atomic E-state index is 1.18. The zero-order chi connectivity index (χ0) is 10.1. The summed E-state index contributed by atoms with van der Waals surface area (Å²) in [6.45, 7) is 0. The van der Waals surface area contributed by atoms with E-state index in [4.69, 9.17) is 0 Å². The molecule has 2 nitrogen and oxygen atoms in total. The van der Waals surface area contributed by atoms with Gasteiger partial charge in [-0.05, 0) is 68.3 Å². The van der Waals surface area contributed by atoms with Crippen LogP contribution in [0.5, 0.6) is 0 Å². The van der Waals surface area contributed by atoms with Crippen molar-refractivity contribution in [1.82, 2.24) is 5.16 Å². The monoisotopic (exact) mass is 205 g/mol. The SMILES string of the molecule is C1C2CC3CC1CC(C2)C3.c1cnoc1. The molecule has 4 saturated carbocycles. The molecule has 0 radical (unpaired) electrons. The molecule has 0 spiro atoms. The van der Waals surface area contributed by atoms with Crippen molar-refractivity contribution in [2.24, 2.45) is 23.7 Å². The van der Waals surface area contributed by atoms with Gasteiger partial charge in [0.15, 0.2) is 0 Å². The summed E-state index contributed by atoms with van der Waals surface area (Å²) in [7, 11) is 0. The first kappa shape index (κ1) is 9.44. The van der Waals surface area contributed by atoms with Crippen LogP contribution in [0, 0.1) is 23.7 Å². The van der Waals surface area contributed by atoms with E-state index in [1.54, 1.807) is 50.8 Å². The van der Waals surface area contributed by atoms with Crippen LogP contribution in [-0.2, 0) is 0 Å². The molecule has 4 aliphatic carbocycles. The van der Waals surface area contributed by atoms with Gasteiger partial charge in [0.05, 0.1) is 6.20 Å². The van der Waals surface area contributed by atoms with Crippen LogP contribution in [0.3, 0.4) is 0 Å². The van der Waals surface area contributed by atoms with E-state index in [0.717, 1.165) is 0 Å². The van der Waals surface area contributed by atoms with E-state index in [2.05, 4.69) is 9.68 Å². The molecule has 15 heavy (non-hydrogen) atoms. The van der Waals surface area contributed by atoms with Gasteiger partial charge in [-0.3, -0.25) is 0 Å². The van der Waals surface area contributed by atoms with Gasteiger partial charge in [-0.25, -0.2) is 0 Å². The summed E-state index contributed by atoms with van der Waals surface area (Å²) in [5, 5.41) is 3.35. The molecule has 0 saturated heterocycles. The maximum Gasteiger partial charge on any atom is 0.123 e. The van der Waals surface area contributed by atoms with Crippen molar-refractivity contribution in [3.8, 4) is 0 Å². The molecule has 0 amide bonds. The van der Waals surface area contributed by atoms with Gasteiger partial charge in [-0.1, -0.05) is 5.16 Å². The summed E-state index contributed by atoms with van der Waals surface area (Å²) in [5.74, 6) is 4.71. The lowest BCUT2D eigenvalue weighted by Gasteiger charge is -2.49. The molecule has 2 heteroatoms. The zero-order valence-corrected chi connectivity index (χ0v) is 9.14. The lowest BCUT2D eigenvalue weighted by atomic mass is 9.56. The van der Waals surface area contributed by atoms with Gasteiger partial charge in [0.25, 0.3) is 0 Å². The highest BCUT2D eigenvalue weighted by molar-refractivity contribution is 4.92. The van der Waals surface area contributed by atoms with Crippen LogP contribution in [0.4, 0.5) is 0 Å². The maximum atomic E-state index is 4.33. The third kappa shape index (κ3) is 2.09. The topological polar surface area (TPSA) is 26.0 Å². The van der Waals surface area contributed by atoms with Crippen LogP contribution in [0.25, 0.3) is 0 Å². The molecule has 1 aromatic rings. The van der Waals surface area contributed by atoms with Crippen molar-refractivity contribution in [2.45, 2.75) is 38.5 Å². The summed E-state index contributed by atoms with van der Waals surface area (Å²) in [6, 6.07) is 1.72. The summed E-state index contributed by atoms with van der Waals surface area (Å²) < 4.78 is 4.33. The third-order valence-corrected chi connectivity index (χ3v) is 4.35. The molecule has 0 aromatic carbocycles. The molecule has 1 heterocycles. The van der Waals surface area contributed by atoms with E-state index in [9.17, 15) is 0 Å². The fourth-order valence-corrected chi connectivity index (χ4v) is 4.16. The highest BCUT2D eigenvalue weighted by Crippen LogP contribution is 2.53. The highest BCUT2D eigenvalue weighted by atomic mass is 16.5. The quantitative estimate of drug-likeness (QED) is 0.647. The third-order valence-electron chi connectivity index (χ3n) is 4.35. The second kappa shape index (κ2) is 3.99. The maximum absolute atomic E-state index is 4.33. The Kier molecular flexibility index (Phi) is 2.51. The average Bonchev–Trinajstić information content (AvgIpc) is 2.72. The molecule has 0 unspecified atom stereocenters. The van der Waals surface area contributed by atoms with Gasteiger partial charge >= 0.3 is 0 Å². The fraction of sp³-hybridized carbons (Fsp3) is 0.769. The van der Waals surface area contributed by atoms with Crippen LogP contribution < -0.4 is 0 Å². The first-order chi connectivity index (χ1) is 7.40. The smallest absolute Gasteiger partial charge is 0.123 e. The van der Waals surface area contributed by atoms with Crippen LogP contribution in [0.1, 0.15) is 38.5 Å². The van der Waals surface area contributed by atoms with Gasteiger partial charge < -0.3 is 4.52 Å². The van der Waals surface area contributed by atoms with Gasteiger partial charge in [-0.15, -0.1) is 0 Å². The zero-order valence-electron chi connectivity index (χ0n) is 9.14. The fourth-order valence-electron chi connectivity index (χ4n) is 4.16. The lowest BCUT2D eigenvalue weighted by Crippen LogP contribution is -2.38. The molecule has 4 aliphatic rings. The van der Waals surface area contributed by atoms with Crippen molar-refractivity contribution < 1.29 is 4.52 Å². The Morgan fingerprint density at radius 1 is 0.800 bits per heavy atom. The van der Waals surface area contributed by atoms with Crippen molar-refractivity contribution in [3.63, 3.8) is 0 Å². The number of hydrogen-bond donors (Lipinski definition) is 0. The Morgan fingerprint density at radius 2 is 1.27 bits per heavy atom. The minimum Gasteiger partial charge on any atom is -0.365 e. The Bertz CT molecular complexity index is 220. The predicted octanol–water partition coefficient (Wildman–Crippen LogP) is 3.51. The Morgan fingerprint density at radius 3 is 1.47 bits per heavy atom. The molecule has 1 aromatic heterocycles. The van der Waals surface area contributed by atoms with Crippen LogP contribution in [-0.4, -0.2) is 5.16 Å². The summed E-state index contributed by atoms with van der Waals surface area (Å²) in [4.78, 5) is 0. The molecule has 0 aliphatic heterocycles. The molecule has 0 atom stereocenters. The van der Waals surface area contributed by atoms with Crippen LogP contribution in [0.15, 0.2) is 23.0 Å². The van der Waals surface area contributed by atoms with E-state index in [-0.39, 0.29) is 0 Å². The van der Waals surface area contributed by atoms with Gasteiger partial charge in [-0.2, -0.15) is 0 Å². The molecular formula is C13H19NO. The van der Waals surface area contributed by atoms with Crippen molar-refractivity contribution in [2.75, 3.05) is 0 Å². The van der Waals surface area contributed by atoms with Crippen molar-refractivity contribution in [1.29, 1.82) is 0 Å². The first-order valence-electron chi connectivity index (χ1n) is 6.24. The van der Waals surface area contributed by atoms with E-state index in [1.807, 2.05) is 0 Å². The molecule has 0 N–H and O–H groups in total. The largest absolute Gasteiger partial charge is 0.365 e. The average molecular weight is 205 g/mol. The Hall–Kier alpha value is -0.790. The standard InChI is InChI=1S/C10H16.C3H3NO/c1-7-2-9-4-8(1)5-10(3-7)6-9;1-2-4-5-3-1/h7-10H,1-6H2;1-3H. The van der Waals surface area contributed by atoms with Crippen molar-refractivity contribution in [3.05, 3.63) is 18.5 Å². The van der Waals surface area contributed by atoms with Gasteiger partial charge in [0.1, 0.15) is 6.26 Å². The number of aromatic nitrogens is 1. The first-order valence-corrected chi connectivity index (χ1v) is 6.24. The minimum atomic E-state index is 1.18. The summed E-state index contributed by atoms with van der Waals surface area (Å²) >= 11 is 0. The second-order valence-electron chi connectivity index (χ2n) is 5.57. The predicted molar refractivity (Wildman–Crippen MR) is 58.2 cm³/mol. The Balaban J connectivity index is 0.000000123. The van der Waals surface area contributed by atoms with Crippen LogP contribution in [0.2, 0.25) is 0 Å². The molecule has 4 bridgehead atoms. The lowest BCUT2D eigenvalue weighted by molar-refractivity contribution is 0.0198. The summed E-state index contributed by atoms with van der Waals surface area (Å²) in [5.41, 5.74) is 0. The normalized spacial score (nSPS) is 41.1. The van der Waals surface area contributed by atoms with Gasteiger partial charge in [0, 0.05) is 0 Å². The van der Waals surface area contributed by atoms with E-state index in [0.29, 0.717) is 0 Å². The van der Waals surface area contributed by atoms with Gasteiger partial charge in [0.2, 0.25) is 0 Å². The molecule has 82 valence electrons. The van der Waals surface area contributed by atoms with Crippen molar-refractivity contribution >= 4 is 0 Å². The van der Waals surface area contributed by atoms with E-state index >= 15 is 0 Å². The number of hydrogen-bond acceptors (Lipinski definition) is 2. The van der Waals surface area contributed by atoms with E-state index < -0.39 is 0 Å².